The Morgan fingerprint density at radius 3 is 3.42 bits per heavy atom. The SMILES string of the molecule is Cc1cc2n(n1)CC(O)NCC2. The zero-order valence-corrected chi connectivity index (χ0v) is 7.12. The van der Waals surface area contributed by atoms with E-state index in [1.807, 2.05) is 11.6 Å². The van der Waals surface area contributed by atoms with E-state index in [1.165, 1.54) is 5.69 Å². The number of rotatable bonds is 0. The van der Waals surface area contributed by atoms with E-state index >= 15 is 0 Å². The maximum Gasteiger partial charge on any atom is 0.124 e. The highest BCUT2D eigenvalue weighted by Crippen LogP contribution is 2.07. The van der Waals surface area contributed by atoms with Gasteiger partial charge in [0.15, 0.2) is 0 Å². The van der Waals surface area contributed by atoms with Crippen LogP contribution in [0.2, 0.25) is 0 Å². The molecular weight excluding hydrogens is 154 g/mol. The van der Waals surface area contributed by atoms with Crippen molar-refractivity contribution in [2.24, 2.45) is 0 Å². The zero-order valence-electron chi connectivity index (χ0n) is 7.12. The van der Waals surface area contributed by atoms with Crippen molar-refractivity contribution in [2.45, 2.75) is 26.1 Å². The number of aryl methyl sites for hydroxylation is 1. The van der Waals surface area contributed by atoms with E-state index < -0.39 is 6.23 Å². The number of aliphatic hydroxyl groups excluding tert-OH is 1. The number of aromatic nitrogens is 2. The van der Waals surface area contributed by atoms with Crippen LogP contribution in [-0.2, 0) is 13.0 Å². The second-order valence-electron chi connectivity index (χ2n) is 3.18. The second-order valence-corrected chi connectivity index (χ2v) is 3.18. The van der Waals surface area contributed by atoms with Gasteiger partial charge in [-0.25, -0.2) is 0 Å². The van der Waals surface area contributed by atoms with Gasteiger partial charge in [-0.1, -0.05) is 0 Å². The van der Waals surface area contributed by atoms with E-state index in [1.54, 1.807) is 0 Å². The Kier molecular flexibility index (Phi) is 1.86. The minimum absolute atomic E-state index is 0.453. The van der Waals surface area contributed by atoms with Gasteiger partial charge >= 0.3 is 0 Å². The number of fused-ring (bicyclic) bond motifs is 1. The molecule has 1 unspecified atom stereocenters. The molecule has 0 saturated carbocycles. The molecule has 1 aliphatic heterocycles. The van der Waals surface area contributed by atoms with Crippen LogP contribution in [0.3, 0.4) is 0 Å². The van der Waals surface area contributed by atoms with Gasteiger partial charge in [0.05, 0.1) is 12.2 Å². The van der Waals surface area contributed by atoms with Crippen molar-refractivity contribution >= 4 is 0 Å². The third-order valence-corrected chi connectivity index (χ3v) is 2.09. The lowest BCUT2D eigenvalue weighted by Crippen LogP contribution is -2.31. The summed E-state index contributed by atoms with van der Waals surface area (Å²) in [5, 5.41) is 16.6. The van der Waals surface area contributed by atoms with Crippen LogP contribution in [0, 0.1) is 6.92 Å². The van der Waals surface area contributed by atoms with Gasteiger partial charge in [0.1, 0.15) is 6.23 Å². The average molecular weight is 167 g/mol. The third kappa shape index (κ3) is 1.35. The largest absolute Gasteiger partial charge is 0.377 e. The fourth-order valence-corrected chi connectivity index (χ4v) is 1.55. The molecule has 0 amide bonds. The Morgan fingerprint density at radius 2 is 2.58 bits per heavy atom. The van der Waals surface area contributed by atoms with Crippen molar-refractivity contribution in [2.75, 3.05) is 6.54 Å². The minimum Gasteiger partial charge on any atom is -0.377 e. The Morgan fingerprint density at radius 1 is 1.75 bits per heavy atom. The number of hydrogen-bond donors (Lipinski definition) is 2. The molecule has 0 bridgehead atoms. The maximum atomic E-state index is 9.37. The van der Waals surface area contributed by atoms with Gasteiger partial charge in [0.25, 0.3) is 0 Å². The first-order valence-corrected chi connectivity index (χ1v) is 4.20. The lowest BCUT2D eigenvalue weighted by Gasteiger charge is -2.07. The molecule has 2 rings (SSSR count). The molecule has 0 aliphatic carbocycles. The minimum atomic E-state index is -0.453. The highest BCUT2D eigenvalue weighted by atomic mass is 16.3. The zero-order chi connectivity index (χ0) is 8.55. The lowest BCUT2D eigenvalue weighted by molar-refractivity contribution is 0.120. The quantitative estimate of drug-likeness (QED) is 0.555. The van der Waals surface area contributed by atoms with Gasteiger partial charge in [0.2, 0.25) is 0 Å². The van der Waals surface area contributed by atoms with Crippen LogP contribution in [-0.4, -0.2) is 27.7 Å². The van der Waals surface area contributed by atoms with Crippen LogP contribution in [0.25, 0.3) is 0 Å². The van der Waals surface area contributed by atoms with Gasteiger partial charge in [-0.3, -0.25) is 10.00 Å². The maximum absolute atomic E-state index is 9.37. The fraction of sp³-hybridized carbons (Fsp3) is 0.625. The molecule has 0 spiro atoms. The van der Waals surface area contributed by atoms with E-state index in [0.717, 1.165) is 18.7 Å². The summed E-state index contributed by atoms with van der Waals surface area (Å²) in [5.74, 6) is 0. The Hall–Kier alpha value is -0.870. The van der Waals surface area contributed by atoms with E-state index in [-0.39, 0.29) is 0 Å². The summed E-state index contributed by atoms with van der Waals surface area (Å²) in [6.45, 7) is 3.36. The predicted molar refractivity (Wildman–Crippen MR) is 44.7 cm³/mol. The molecule has 4 heteroatoms. The lowest BCUT2D eigenvalue weighted by atomic mass is 10.3. The number of nitrogens with zero attached hydrogens (tertiary/aromatic N) is 2. The van der Waals surface area contributed by atoms with Crippen LogP contribution in [0.4, 0.5) is 0 Å². The van der Waals surface area contributed by atoms with Gasteiger partial charge in [-0.2, -0.15) is 5.10 Å². The first-order chi connectivity index (χ1) is 5.75. The second kappa shape index (κ2) is 2.88. The van der Waals surface area contributed by atoms with Crippen molar-refractivity contribution in [3.8, 4) is 0 Å². The summed E-state index contributed by atoms with van der Waals surface area (Å²) < 4.78 is 1.88. The summed E-state index contributed by atoms with van der Waals surface area (Å²) in [6.07, 6.45) is 0.489. The van der Waals surface area contributed by atoms with Crippen LogP contribution in [0.5, 0.6) is 0 Å². The molecule has 1 atom stereocenters. The predicted octanol–water partition coefficient (Wildman–Crippen LogP) is -0.344. The molecule has 0 fully saturated rings. The highest BCUT2D eigenvalue weighted by molar-refractivity contribution is 5.10. The highest BCUT2D eigenvalue weighted by Gasteiger charge is 2.13. The van der Waals surface area contributed by atoms with Gasteiger partial charge in [-0.15, -0.1) is 0 Å². The summed E-state index contributed by atoms with van der Waals surface area (Å²) >= 11 is 0. The molecule has 12 heavy (non-hydrogen) atoms. The molecule has 1 aromatic heterocycles. The summed E-state index contributed by atoms with van der Waals surface area (Å²) in [4.78, 5) is 0. The topological polar surface area (TPSA) is 50.1 Å². The van der Waals surface area contributed by atoms with Crippen molar-refractivity contribution in [1.82, 2.24) is 15.1 Å². The number of nitrogens with one attached hydrogen (secondary N) is 1. The van der Waals surface area contributed by atoms with Crippen molar-refractivity contribution in [1.29, 1.82) is 0 Å². The molecule has 0 aromatic carbocycles. The first kappa shape index (κ1) is 7.76. The molecule has 0 saturated heterocycles. The first-order valence-electron chi connectivity index (χ1n) is 4.20. The normalized spacial score (nSPS) is 23.3. The van der Waals surface area contributed by atoms with Crippen molar-refractivity contribution < 1.29 is 5.11 Å². The van der Waals surface area contributed by atoms with Crippen LogP contribution in [0.15, 0.2) is 6.07 Å². The van der Waals surface area contributed by atoms with E-state index in [2.05, 4.69) is 16.5 Å². The van der Waals surface area contributed by atoms with Crippen LogP contribution >= 0.6 is 0 Å². The molecule has 0 radical (unpaired) electrons. The smallest absolute Gasteiger partial charge is 0.124 e. The monoisotopic (exact) mass is 167 g/mol. The number of hydrogen-bond acceptors (Lipinski definition) is 3. The fourth-order valence-electron chi connectivity index (χ4n) is 1.55. The molecule has 2 N–H and O–H groups in total. The molecular formula is C8H13N3O. The summed E-state index contributed by atoms with van der Waals surface area (Å²) in [5.41, 5.74) is 2.23. The third-order valence-electron chi connectivity index (χ3n) is 2.09. The molecule has 66 valence electrons. The van der Waals surface area contributed by atoms with Gasteiger partial charge < -0.3 is 5.11 Å². The number of aliphatic hydroxyl groups is 1. The summed E-state index contributed by atoms with van der Waals surface area (Å²) in [7, 11) is 0. The van der Waals surface area contributed by atoms with Crippen molar-refractivity contribution in [3.63, 3.8) is 0 Å². The van der Waals surface area contributed by atoms with Crippen LogP contribution < -0.4 is 5.32 Å². The molecule has 4 nitrogen and oxygen atoms in total. The standard InChI is InChI=1S/C8H13N3O/c1-6-4-7-2-3-9-8(12)5-11(7)10-6/h4,8-9,12H,2-3,5H2,1H3. The Balaban J connectivity index is 2.30. The van der Waals surface area contributed by atoms with E-state index in [9.17, 15) is 5.11 Å². The molecule has 1 aliphatic rings. The van der Waals surface area contributed by atoms with Gasteiger partial charge in [0, 0.05) is 18.7 Å². The van der Waals surface area contributed by atoms with Gasteiger partial charge in [-0.05, 0) is 13.0 Å². The van der Waals surface area contributed by atoms with E-state index in [0.29, 0.717) is 6.54 Å². The average Bonchev–Trinajstić information content (AvgIpc) is 2.23. The Bertz CT molecular complexity index is 282. The van der Waals surface area contributed by atoms with Crippen LogP contribution in [0.1, 0.15) is 11.4 Å². The summed E-state index contributed by atoms with van der Waals surface area (Å²) in [6, 6.07) is 2.07. The molecule has 2 heterocycles. The Labute approximate surface area is 71.2 Å². The van der Waals surface area contributed by atoms with Crippen molar-refractivity contribution in [3.05, 3.63) is 17.5 Å². The molecule has 1 aromatic rings. The van der Waals surface area contributed by atoms with E-state index in [4.69, 9.17) is 0 Å².